The van der Waals surface area contributed by atoms with Gasteiger partial charge < -0.3 is 20.1 Å². The molecule has 1 atom stereocenters. The van der Waals surface area contributed by atoms with Gasteiger partial charge in [0, 0.05) is 31.2 Å². The first-order chi connectivity index (χ1) is 9.18. The molecule has 1 saturated heterocycles. The van der Waals surface area contributed by atoms with Gasteiger partial charge in [-0.2, -0.15) is 0 Å². The number of rotatable bonds is 3. The van der Waals surface area contributed by atoms with Crippen LogP contribution in [0.3, 0.4) is 0 Å². The van der Waals surface area contributed by atoms with Crippen molar-refractivity contribution in [2.24, 2.45) is 0 Å². The molecule has 19 heavy (non-hydrogen) atoms. The Hall–Kier alpha value is -1.85. The predicted octanol–water partition coefficient (Wildman–Crippen LogP) is 1.05. The number of ether oxygens (including phenoxy) is 1. The van der Waals surface area contributed by atoms with E-state index in [9.17, 15) is 9.90 Å². The topological polar surface area (TPSA) is 74.3 Å². The number of benzene rings is 1. The first kappa shape index (κ1) is 12.2. The molecule has 1 aliphatic heterocycles. The summed E-state index contributed by atoms with van der Waals surface area (Å²) in [4.78, 5) is 15.2. The van der Waals surface area contributed by atoms with Gasteiger partial charge in [-0.3, -0.25) is 4.79 Å². The molecule has 2 heterocycles. The fraction of sp³-hybridized carbons (Fsp3) is 0.357. The van der Waals surface area contributed by atoms with Crippen molar-refractivity contribution in [2.45, 2.75) is 12.0 Å². The van der Waals surface area contributed by atoms with Crippen LogP contribution in [0.1, 0.15) is 16.8 Å². The van der Waals surface area contributed by atoms with Crippen LogP contribution in [0.2, 0.25) is 0 Å². The monoisotopic (exact) mass is 260 g/mol. The number of fused-ring (bicyclic) bond motifs is 1. The van der Waals surface area contributed by atoms with E-state index in [4.69, 9.17) is 4.74 Å². The number of aromatic amines is 1. The molecule has 100 valence electrons. The zero-order valence-corrected chi connectivity index (χ0v) is 10.5. The molecule has 3 rings (SSSR count). The number of aromatic nitrogens is 1. The number of para-hydroxylation sites is 1. The van der Waals surface area contributed by atoms with Crippen LogP contribution >= 0.6 is 0 Å². The zero-order chi connectivity index (χ0) is 13.3. The summed E-state index contributed by atoms with van der Waals surface area (Å²) >= 11 is 0. The third-order valence-corrected chi connectivity index (χ3v) is 3.49. The van der Waals surface area contributed by atoms with Gasteiger partial charge in [0.05, 0.1) is 17.7 Å². The highest BCUT2D eigenvalue weighted by atomic mass is 16.5. The first-order valence-corrected chi connectivity index (χ1v) is 6.32. The van der Waals surface area contributed by atoms with Gasteiger partial charge >= 0.3 is 0 Å². The highest BCUT2D eigenvalue weighted by Gasteiger charge is 2.32. The Morgan fingerprint density at radius 3 is 3.16 bits per heavy atom. The average molecular weight is 260 g/mol. The van der Waals surface area contributed by atoms with E-state index in [2.05, 4.69) is 10.3 Å². The van der Waals surface area contributed by atoms with E-state index in [1.807, 2.05) is 18.2 Å². The molecule has 0 radical (unpaired) electrons. The van der Waals surface area contributed by atoms with Gasteiger partial charge in [0.2, 0.25) is 0 Å². The third-order valence-electron chi connectivity index (χ3n) is 3.49. The number of aliphatic hydroxyl groups is 1. The van der Waals surface area contributed by atoms with E-state index in [0.717, 1.165) is 10.9 Å². The Morgan fingerprint density at radius 1 is 1.47 bits per heavy atom. The Bertz CT molecular complexity index is 600. The summed E-state index contributed by atoms with van der Waals surface area (Å²) in [6.45, 7) is 1.03. The first-order valence-electron chi connectivity index (χ1n) is 6.32. The number of amides is 1. The number of nitrogens with one attached hydrogen (secondary N) is 2. The normalized spacial score (nSPS) is 22.8. The molecule has 2 aromatic rings. The Balaban J connectivity index is 1.75. The van der Waals surface area contributed by atoms with Crippen LogP contribution in [0.15, 0.2) is 30.5 Å². The highest BCUT2D eigenvalue weighted by Crippen LogP contribution is 2.19. The quantitative estimate of drug-likeness (QED) is 0.772. The molecule has 0 bridgehead atoms. The van der Waals surface area contributed by atoms with Crippen molar-refractivity contribution in [3.63, 3.8) is 0 Å². The minimum Gasteiger partial charge on any atom is -0.386 e. The molecule has 1 fully saturated rings. The maximum Gasteiger partial charge on any atom is 0.253 e. The smallest absolute Gasteiger partial charge is 0.253 e. The highest BCUT2D eigenvalue weighted by molar-refractivity contribution is 6.05. The molecule has 3 N–H and O–H groups in total. The zero-order valence-electron chi connectivity index (χ0n) is 10.5. The van der Waals surface area contributed by atoms with E-state index in [1.165, 1.54) is 0 Å². The van der Waals surface area contributed by atoms with E-state index in [1.54, 1.807) is 12.3 Å². The van der Waals surface area contributed by atoms with Crippen molar-refractivity contribution < 1.29 is 14.6 Å². The van der Waals surface area contributed by atoms with Gasteiger partial charge in [-0.15, -0.1) is 0 Å². The molecule has 1 aromatic heterocycles. The lowest BCUT2D eigenvalue weighted by Gasteiger charge is -2.20. The van der Waals surface area contributed by atoms with E-state index < -0.39 is 5.60 Å². The van der Waals surface area contributed by atoms with Crippen molar-refractivity contribution in [3.05, 3.63) is 36.0 Å². The second-order valence-electron chi connectivity index (χ2n) is 4.96. The summed E-state index contributed by atoms with van der Waals surface area (Å²) in [5, 5.41) is 13.9. The summed E-state index contributed by atoms with van der Waals surface area (Å²) in [6.07, 6.45) is 2.36. The largest absolute Gasteiger partial charge is 0.386 e. The molecule has 5 heteroatoms. The number of hydrogen-bond acceptors (Lipinski definition) is 3. The molecular formula is C14H16N2O3. The molecule has 1 amide bonds. The number of H-pyrrole nitrogens is 1. The molecule has 0 aliphatic carbocycles. The van der Waals surface area contributed by atoms with Gasteiger partial charge in [-0.05, 0) is 12.1 Å². The fourth-order valence-corrected chi connectivity index (χ4v) is 2.35. The number of carbonyl (C=O) groups is 1. The summed E-state index contributed by atoms with van der Waals surface area (Å²) in [7, 11) is 0. The lowest BCUT2D eigenvalue weighted by atomic mass is 10.0. The molecule has 0 saturated carbocycles. The summed E-state index contributed by atoms with van der Waals surface area (Å²) in [6, 6.07) is 7.48. The molecular weight excluding hydrogens is 244 g/mol. The van der Waals surface area contributed by atoms with E-state index in [0.29, 0.717) is 18.6 Å². The lowest BCUT2D eigenvalue weighted by molar-refractivity contribution is 0.0265. The van der Waals surface area contributed by atoms with Crippen molar-refractivity contribution >= 4 is 16.8 Å². The Kier molecular flexibility index (Phi) is 3.00. The second kappa shape index (κ2) is 4.68. The van der Waals surface area contributed by atoms with Gasteiger partial charge in [0.25, 0.3) is 5.91 Å². The maximum atomic E-state index is 12.2. The molecule has 1 aliphatic rings. The van der Waals surface area contributed by atoms with Crippen LogP contribution in [-0.4, -0.2) is 41.4 Å². The van der Waals surface area contributed by atoms with E-state index >= 15 is 0 Å². The van der Waals surface area contributed by atoms with E-state index in [-0.39, 0.29) is 19.1 Å². The van der Waals surface area contributed by atoms with Crippen LogP contribution < -0.4 is 5.32 Å². The van der Waals surface area contributed by atoms with Crippen LogP contribution in [0.4, 0.5) is 0 Å². The molecule has 0 spiro atoms. The average Bonchev–Trinajstić information content (AvgIpc) is 3.04. The molecule has 0 unspecified atom stereocenters. The summed E-state index contributed by atoms with van der Waals surface area (Å²) < 4.78 is 5.15. The van der Waals surface area contributed by atoms with Crippen molar-refractivity contribution in [3.8, 4) is 0 Å². The molecule has 5 nitrogen and oxygen atoms in total. The Morgan fingerprint density at radius 2 is 2.37 bits per heavy atom. The minimum atomic E-state index is -0.931. The van der Waals surface area contributed by atoms with Gasteiger partial charge in [0.15, 0.2) is 0 Å². The van der Waals surface area contributed by atoms with Crippen LogP contribution in [0, 0.1) is 0 Å². The van der Waals surface area contributed by atoms with Crippen LogP contribution in [-0.2, 0) is 4.74 Å². The summed E-state index contributed by atoms with van der Waals surface area (Å²) in [5.74, 6) is -0.187. The van der Waals surface area contributed by atoms with Gasteiger partial charge in [-0.25, -0.2) is 0 Å². The third kappa shape index (κ3) is 2.34. The Labute approximate surface area is 110 Å². The maximum absolute atomic E-state index is 12.2. The molecule has 1 aromatic carbocycles. The van der Waals surface area contributed by atoms with Gasteiger partial charge in [-0.1, -0.05) is 12.1 Å². The van der Waals surface area contributed by atoms with Crippen molar-refractivity contribution in [1.82, 2.24) is 10.3 Å². The standard InChI is InChI=1S/C14H16N2O3/c17-13(16-8-14(18)5-7-19-9-14)11-3-1-2-10-4-6-15-12(10)11/h1-4,6,15,18H,5,7-9H2,(H,16,17)/t14-/m0/s1. The van der Waals surface area contributed by atoms with Crippen molar-refractivity contribution in [2.75, 3.05) is 19.8 Å². The lowest BCUT2D eigenvalue weighted by Crippen LogP contribution is -2.43. The van der Waals surface area contributed by atoms with Crippen LogP contribution in [0.25, 0.3) is 10.9 Å². The van der Waals surface area contributed by atoms with Gasteiger partial charge in [0.1, 0.15) is 5.60 Å². The SMILES string of the molecule is O=C(NC[C@@]1(O)CCOC1)c1cccc2cc[nH]c12. The number of carbonyl (C=O) groups excluding carboxylic acids is 1. The van der Waals surface area contributed by atoms with Crippen LogP contribution in [0.5, 0.6) is 0 Å². The predicted molar refractivity (Wildman–Crippen MR) is 71.0 cm³/mol. The fourth-order valence-electron chi connectivity index (χ4n) is 2.35. The minimum absolute atomic E-state index is 0.187. The second-order valence-corrected chi connectivity index (χ2v) is 4.96. The number of hydrogen-bond donors (Lipinski definition) is 3. The van der Waals surface area contributed by atoms with Crippen molar-refractivity contribution in [1.29, 1.82) is 0 Å². The summed E-state index contributed by atoms with van der Waals surface area (Å²) in [5.41, 5.74) is 0.471.